The third kappa shape index (κ3) is 8.83. The van der Waals surface area contributed by atoms with Gasteiger partial charge in [0.2, 0.25) is 11.8 Å². The first-order valence-electron chi connectivity index (χ1n) is 7.35. The highest BCUT2D eigenvalue weighted by atomic mass is 16.4. The van der Waals surface area contributed by atoms with Crippen LogP contribution in [0.5, 0.6) is 0 Å². The minimum atomic E-state index is -1.71. The molecule has 0 aromatic heterocycles. The van der Waals surface area contributed by atoms with Gasteiger partial charge in [0.1, 0.15) is 5.78 Å². The molecule has 0 heterocycles. The number of carbonyl (C=O) groups excluding carboxylic acids is 3. The van der Waals surface area contributed by atoms with Crippen molar-refractivity contribution in [3.63, 3.8) is 0 Å². The van der Waals surface area contributed by atoms with Crippen LogP contribution < -0.4 is 16.0 Å². The predicted molar refractivity (Wildman–Crippen MR) is 82.2 cm³/mol. The van der Waals surface area contributed by atoms with Crippen molar-refractivity contribution in [1.82, 2.24) is 16.0 Å². The molecule has 0 radical (unpaired) electrons. The van der Waals surface area contributed by atoms with Gasteiger partial charge >= 0.3 is 11.9 Å². The van der Waals surface area contributed by atoms with E-state index in [4.69, 9.17) is 10.2 Å². The highest BCUT2D eigenvalue weighted by Crippen LogP contribution is 2.08. The molecule has 0 spiro atoms. The third-order valence-electron chi connectivity index (χ3n) is 3.18. The van der Waals surface area contributed by atoms with Crippen molar-refractivity contribution in [2.75, 3.05) is 20.1 Å². The zero-order valence-corrected chi connectivity index (χ0v) is 13.6. The van der Waals surface area contributed by atoms with Gasteiger partial charge in [0.05, 0.1) is 6.04 Å². The second-order valence-electron chi connectivity index (χ2n) is 5.15. The highest BCUT2D eigenvalue weighted by molar-refractivity contribution is 5.94. The van der Waals surface area contributed by atoms with Crippen molar-refractivity contribution in [2.24, 2.45) is 5.92 Å². The average molecular weight is 345 g/mol. The van der Waals surface area contributed by atoms with Crippen molar-refractivity contribution in [2.45, 2.75) is 32.2 Å². The minimum absolute atomic E-state index is 0.00767. The molecule has 0 aliphatic carbocycles. The number of carboxylic acids is 2. The molecule has 0 bridgehead atoms. The molecule has 24 heavy (non-hydrogen) atoms. The van der Waals surface area contributed by atoms with E-state index in [0.29, 0.717) is 0 Å². The molecule has 0 aromatic rings. The molecular formula is C14H23N3O7. The van der Waals surface area contributed by atoms with E-state index in [1.807, 2.05) is 0 Å². The number of amides is 2. The number of hydrogen-bond donors (Lipinski definition) is 5. The zero-order chi connectivity index (χ0) is 18.7. The Kier molecular flexibility index (Phi) is 9.96. The summed E-state index contributed by atoms with van der Waals surface area (Å²) in [6.07, 6.45) is -0.204. The molecule has 10 heteroatoms. The smallest absolute Gasteiger partial charge is 0.317 e. The van der Waals surface area contributed by atoms with Crippen molar-refractivity contribution in [3.8, 4) is 0 Å². The molecule has 0 aliphatic rings. The summed E-state index contributed by atoms with van der Waals surface area (Å²) in [6, 6.07) is -1.01. The van der Waals surface area contributed by atoms with Crippen LogP contribution in [-0.2, 0) is 24.0 Å². The fourth-order valence-electron chi connectivity index (χ4n) is 1.79. The quantitative estimate of drug-likeness (QED) is 0.263. The van der Waals surface area contributed by atoms with Crippen LogP contribution in [-0.4, -0.2) is 65.9 Å². The molecule has 0 saturated carbocycles. The lowest BCUT2D eigenvalue weighted by Gasteiger charge is -2.18. The maximum absolute atomic E-state index is 11.9. The van der Waals surface area contributed by atoms with Crippen molar-refractivity contribution in [3.05, 3.63) is 0 Å². The van der Waals surface area contributed by atoms with Gasteiger partial charge in [-0.3, -0.25) is 24.0 Å². The lowest BCUT2D eigenvalue weighted by Crippen LogP contribution is -2.46. The van der Waals surface area contributed by atoms with E-state index in [1.54, 1.807) is 0 Å². The number of aliphatic carboxylic acids is 2. The first kappa shape index (κ1) is 21.5. The number of hydrogen-bond acceptors (Lipinski definition) is 6. The molecule has 0 aromatic carbocycles. The van der Waals surface area contributed by atoms with E-state index in [9.17, 15) is 24.0 Å². The molecule has 2 amide bonds. The van der Waals surface area contributed by atoms with Crippen LogP contribution in [0.3, 0.4) is 0 Å². The fraction of sp³-hybridized carbons (Fsp3) is 0.643. The van der Waals surface area contributed by atoms with Gasteiger partial charge in [-0.25, -0.2) is 0 Å². The molecule has 1 atom stereocenters. The average Bonchev–Trinajstić information content (AvgIpc) is 2.46. The number of nitrogens with one attached hydrogen (secondary N) is 3. The lowest BCUT2D eigenvalue weighted by molar-refractivity contribution is -0.155. The van der Waals surface area contributed by atoms with E-state index in [-0.39, 0.29) is 37.6 Å². The lowest BCUT2D eigenvalue weighted by atomic mass is 9.99. The van der Waals surface area contributed by atoms with E-state index >= 15 is 0 Å². The number of rotatable bonds is 12. The minimum Gasteiger partial charge on any atom is -0.481 e. The number of carboxylic acid groups (broad SMARTS) is 2. The number of carbonyl (C=O) groups is 5. The van der Waals surface area contributed by atoms with Crippen LogP contribution in [0.15, 0.2) is 0 Å². The van der Waals surface area contributed by atoms with Crippen molar-refractivity contribution in [1.29, 1.82) is 0 Å². The standard InChI is InChI=1S/C14H23N3O7/c1-8(18)3-5-16-11(19)4-6-17-12(20)10(15-2)7-9(13(21)22)14(23)24/h9-10,15H,3-7H2,1-2H3,(H,16,19)(H,17,20)(H,21,22)(H,23,24)/t10-/m0/s1. The van der Waals surface area contributed by atoms with Gasteiger partial charge in [-0.15, -0.1) is 0 Å². The Bertz CT molecular complexity index is 479. The zero-order valence-electron chi connectivity index (χ0n) is 13.6. The van der Waals surface area contributed by atoms with Gasteiger partial charge in [0.15, 0.2) is 5.92 Å². The normalized spacial score (nSPS) is 11.6. The van der Waals surface area contributed by atoms with Crippen LogP contribution in [0, 0.1) is 5.92 Å². The molecule has 0 fully saturated rings. The molecule has 0 unspecified atom stereocenters. The first-order valence-corrected chi connectivity index (χ1v) is 7.35. The van der Waals surface area contributed by atoms with Crippen LogP contribution >= 0.6 is 0 Å². The van der Waals surface area contributed by atoms with Crippen LogP contribution in [0.1, 0.15) is 26.2 Å². The number of likely N-dealkylation sites (N-methyl/N-ethyl adjacent to an activating group) is 1. The van der Waals surface area contributed by atoms with Crippen LogP contribution in [0.25, 0.3) is 0 Å². The Morgan fingerprint density at radius 1 is 0.917 bits per heavy atom. The van der Waals surface area contributed by atoms with Gasteiger partial charge in [-0.2, -0.15) is 0 Å². The Morgan fingerprint density at radius 3 is 1.92 bits per heavy atom. The summed E-state index contributed by atoms with van der Waals surface area (Å²) in [6.45, 7) is 1.64. The second kappa shape index (κ2) is 11.1. The number of ketones is 1. The Labute approximate surface area is 139 Å². The van der Waals surface area contributed by atoms with E-state index in [0.717, 1.165) is 0 Å². The van der Waals surface area contributed by atoms with E-state index in [2.05, 4.69) is 16.0 Å². The highest BCUT2D eigenvalue weighted by Gasteiger charge is 2.31. The summed E-state index contributed by atoms with van der Waals surface area (Å²) in [5.41, 5.74) is 0. The fourth-order valence-corrected chi connectivity index (χ4v) is 1.79. The van der Waals surface area contributed by atoms with E-state index < -0.39 is 36.2 Å². The molecule has 0 saturated heterocycles. The summed E-state index contributed by atoms with van der Waals surface area (Å²) in [7, 11) is 1.40. The molecule has 136 valence electrons. The first-order chi connectivity index (χ1) is 11.2. The number of Topliss-reactive ketones (excluding diaryl/α,β-unsaturated/α-hetero) is 1. The Hall–Kier alpha value is -2.49. The SMILES string of the molecule is CN[C@@H](CC(C(=O)O)C(=O)O)C(=O)NCCC(=O)NCCC(C)=O. The summed E-state index contributed by atoms with van der Waals surface area (Å²) >= 11 is 0. The van der Waals surface area contributed by atoms with E-state index in [1.165, 1.54) is 14.0 Å². The third-order valence-corrected chi connectivity index (χ3v) is 3.18. The summed E-state index contributed by atoms with van der Waals surface area (Å²) < 4.78 is 0. The van der Waals surface area contributed by atoms with Crippen molar-refractivity contribution >= 4 is 29.5 Å². The molecular weight excluding hydrogens is 322 g/mol. The van der Waals surface area contributed by atoms with Crippen LogP contribution in [0.4, 0.5) is 0 Å². The van der Waals surface area contributed by atoms with Gasteiger partial charge in [-0.1, -0.05) is 0 Å². The van der Waals surface area contributed by atoms with Gasteiger partial charge in [-0.05, 0) is 20.4 Å². The molecule has 10 nitrogen and oxygen atoms in total. The Balaban J connectivity index is 4.27. The summed E-state index contributed by atoms with van der Waals surface area (Å²) in [5.74, 6) is -5.75. The topological polar surface area (TPSA) is 162 Å². The predicted octanol–water partition coefficient (Wildman–Crippen LogP) is -1.65. The second-order valence-corrected chi connectivity index (χ2v) is 5.15. The maximum atomic E-state index is 11.9. The maximum Gasteiger partial charge on any atom is 0.317 e. The summed E-state index contributed by atoms with van der Waals surface area (Å²) in [5, 5.41) is 25.1. The van der Waals surface area contributed by atoms with Gasteiger partial charge in [0.25, 0.3) is 0 Å². The molecule has 0 aliphatic heterocycles. The Morgan fingerprint density at radius 2 is 1.46 bits per heavy atom. The van der Waals surface area contributed by atoms with Gasteiger partial charge in [0, 0.05) is 25.9 Å². The summed E-state index contributed by atoms with van der Waals surface area (Å²) in [4.78, 5) is 55.8. The molecule has 0 rings (SSSR count). The largest absolute Gasteiger partial charge is 0.481 e. The van der Waals surface area contributed by atoms with Crippen LogP contribution in [0.2, 0.25) is 0 Å². The van der Waals surface area contributed by atoms with Crippen molar-refractivity contribution < 1.29 is 34.2 Å². The monoisotopic (exact) mass is 345 g/mol. The van der Waals surface area contributed by atoms with Gasteiger partial charge < -0.3 is 26.2 Å². The molecule has 5 N–H and O–H groups in total.